The van der Waals surface area contributed by atoms with E-state index < -0.39 is 14.8 Å². The molecule has 27 heavy (non-hydrogen) atoms. The molecule has 6 heteroatoms. The Morgan fingerprint density at radius 1 is 1.07 bits per heavy atom. The molecular weight excluding hydrogens is 358 g/mol. The Morgan fingerprint density at radius 3 is 2.26 bits per heavy atom. The molecule has 2 rings (SSSR count). The molecule has 1 aliphatic carbocycles. The average molecular weight is 396 g/mol. The maximum Gasteiger partial charge on any atom is 0.216 e. The van der Waals surface area contributed by atoms with Crippen LogP contribution in [0.5, 0.6) is 0 Å². The Balaban J connectivity index is 1.66. The van der Waals surface area contributed by atoms with Gasteiger partial charge in [-0.3, -0.25) is 0 Å². The summed E-state index contributed by atoms with van der Waals surface area (Å²) < 4.78 is 26.8. The van der Waals surface area contributed by atoms with Gasteiger partial charge < -0.3 is 10.2 Å². The van der Waals surface area contributed by atoms with Crippen molar-refractivity contribution in [3.05, 3.63) is 30.3 Å². The molecular formula is C21H37N3O2S. The van der Waals surface area contributed by atoms with E-state index in [0.29, 0.717) is 5.92 Å². The van der Waals surface area contributed by atoms with Crippen LogP contribution < -0.4 is 14.9 Å². The summed E-state index contributed by atoms with van der Waals surface area (Å²) >= 11 is 0. The van der Waals surface area contributed by atoms with Crippen LogP contribution in [0.15, 0.2) is 30.3 Å². The van der Waals surface area contributed by atoms with Gasteiger partial charge in [-0.1, -0.05) is 18.2 Å². The Labute approximate surface area is 166 Å². The molecule has 1 aliphatic rings. The predicted molar refractivity (Wildman–Crippen MR) is 115 cm³/mol. The van der Waals surface area contributed by atoms with Crippen molar-refractivity contribution in [2.75, 3.05) is 31.1 Å². The molecule has 0 unspecified atom stereocenters. The summed E-state index contributed by atoms with van der Waals surface area (Å²) in [4.78, 5) is 2.38. The molecule has 1 aromatic carbocycles. The quantitative estimate of drug-likeness (QED) is 0.629. The number of benzene rings is 1. The van der Waals surface area contributed by atoms with E-state index >= 15 is 0 Å². The number of likely N-dealkylation sites (N-methyl/N-ethyl adjacent to an activating group) is 1. The third-order valence-corrected chi connectivity index (χ3v) is 7.73. The van der Waals surface area contributed by atoms with E-state index in [0.717, 1.165) is 51.9 Å². The van der Waals surface area contributed by atoms with E-state index in [1.54, 1.807) is 20.8 Å². The van der Waals surface area contributed by atoms with Gasteiger partial charge in [0, 0.05) is 31.4 Å². The smallest absolute Gasteiger partial charge is 0.216 e. The third-order valence-electron chi connectivity index (χ3n) is 5.47. The van der Waals surface area contributed by atoms with Crippen molar-refractivity contribution >= 4 is 15.7 Å². The zero-order chi connectivity index (χ0) is 19.9. The molecule has 0 spiro atoms. The van der Waals surface area contributed by atoms with E-state index in [1.165, 1.54) is 5.69 Å². The summed E-state index contributed by atoms with van der Waals surface area (Å²) in [5, 5.41) is 3.60. The standard InChI is InChI=1S/C21H37N3O2S/c1-5-24(20-9-7-6-8-10-20)16-15-22-17-18-11-13-19(14-12-18)23-27(25,26)21(2,3)4/h6-10,18-19,22-23H,5,11-17H2,1-4H3/t18-,19-. The van der Waals surface area contributed by atoms with Crippen molar-refractivity contribution in [3.63, 3.8) is 0 Å². The number of hydrogen-bond donors (Lipinski definition) is 2. The largest absolute Gasteiger partial charge is 0.371 e. The molecule has 0 bridgehead atoms. The number of rotatable bonds is 9. The number of sulfonamides is 1. The molecule has 1 aromatic rings. The first-order valence-corrected chi connectivity index (χ1v) is 11.7. The summed E-state index contributed by atoms with van der Waals surface area (Å²) in [6.45, 7) is 11.4. The molecule has 5 nitrogen and oxygen atoms in total. The molecule has 0 aromatic heterocycles. The molecule has 0 atom stereocenters. The Morgan fingerprint density at radius 2 is 1.70 bits per heavy atom. The topological polar surface area (TPSA) is 61.4 Å². The van der Waals surface area contributed by atoms with Gasteiger partial charge in [0.1, 0.15) is 0 Å². The second-order valence-electron chi connectivity index (χ2n) is 8.57. The van der Waals surface area contributed by atoms with Gasteiger partial charge in [0.05, 0.1) is 4.75 Å². The van der Waals surface area contributed by atoms with E-state index in [9.17, 15) is 8.42 Å². The van der Waals surface area contributed by atoms with Crippen molar-refractivity contribution < 1.29 is 8.42 Å². The maximum atomic E-state index is 12.3. The minimum Gasteiger partial charge on any atom is -0.371 e. The fourth-order valence-corrected chi connectivity index (χ4v) is 4.54. The van der Waals surface area contributed by atoms with Gasteiger partial charge in [-0.15, -0.1) is 0 Å². The molecule has 1 saturated carbocycles. The molecule has 0 aliphatic heterocycles. The van der Waals surface area contributed by atoms with Crippen LogP contribution in [0.4, 0.5) is 5.69 Å². The minimum atomic E-state index is -3.25. The molecule has 0 saturated heterocycles. The van der Waals surface area contributed by atoms with Crippen LogP contribution in [0.2, 0.25) is 0 Å². The van der Waals surface area contributed by atoms with Crippen LogP contribution >= 0.6 is 0 Å². The highest BCUT2D eigenvalue weighted by molar-refractivity contribution is 7.90. The second kappa shape index (κ2) is 9.89. The fourth-order valence-electron chi connectivity index (χ4n) is 3.51. The minimum absolute atomic E-state index is 0.0964. The van der Waals surface area contributed by atoms with Crippen molar-refractivity contribution in [3.8, 4) is 0 Å². The van der Waals surface area contributed by atoms with Crippen LogP contribution in [0.1, 0.15) is 53.4 Å². The molecule has 1 fully saturated rings. The number of anilines is 1. The van der Waals surface area contributed by atoms with Crippen LogP contribution in [-0.2, 0) is 10.0 Å². The molecule has 0 amide bonds. The lowest BCUT2D eigenvalue weighted by Crippen LogP contribution is -2.46. The first kappa shape index (κ1) is 22.2. The molecule has 154 valence electrons. The lowest BCUT2D eigenvalue weighted by molar-refractivity contribution is 0.302. The third kappa shape index (κ3) is 6.77. The highest BCUT2D eigenvalue weighted by atomic mass is 32.2. The van der Waals surface area contributed by atoms with E-state index in [4.69, 9.17) is 0 Å². The van der Waals surface area contributed by atoms with Crippen molar-refractivity contribution in [1.82, 2.24) is 10.0 Å². The first-order chi connectivity index (χ1) is 12.7. The normalized spacial score (nSPS) is 21.2. The van der Waals surface area contributed by atoms with Crippen LogP contribution in [0, 0.1) is 5.92 Å². The molecule has 2 N–H and O–H groups in total. The Bertz CT molecular complexity index is 648. The van der Waals surface area contributed by atoms with Gasteiger partial charge in [-0.25, -0.2) is 13.1 Å². The summed E-state index contributed by atoms with van der Waals surface area (Å²) in [7, 11) is -3.25. The zero-order valence-corrected chi connectivity index (χ0v) is 18.2. The SMILES string of the molecule is CCN(CCNC[C@H]1CC[C@H](NS(=O)(=O)C(C)(C)C)CC1)c1ccccc1. The number of nitrogens with one attached hydrogen (secondary N) is 2. The van der Waals surface area contributed by atoms with Crippen molar-refractivity contribution in [2.45, 2.75) is 64.2 Å². The summed E-state index contributed by atoms with van der Waals surface area (Å²) in [6, 6.07) is 10.6. The second-order valence-corrected chi connectivity index (χ2v) is 11.0. The highest BCUT2D eigenvalue weighted by Crippen LogP contribution is 2.25. The predicted octanol–water partition coefficient (Wildman–Crippen LogP) is 3.38. The van der Waals surface area contributed by atoms with Gasteiger partial charge in [-0.2, -0.15) is 0 Å². The van der Waals surface area contributed by atoms with Crippen LogP contribution in [-0.4, -0.2) is 45.4 Å². The van der Waals surface area contributed by atoms with Crippen molar-refractivity contribution in [1.29, 1.82) is 0 Å². The highest BCUT2D eigenvalue weighted by Gasteiger charge is 2.32. The Hall–Kier alpha value is -1.11. The lowest BCUT2D eigenvalue weighted by atomic mass is 9.86. The molecule has 0 radical (unpaired) electrons. The number of hydrogen-bond acceptors (Lipinski definition) is 4. The van der Waals surface area contributed by atoms with Crippen LogP contribution in [0.25, 0.3) is 0 Å². The van der Waals surface area contributed by atoms with E-state index in [2.05, 4.69) is 46.1 Å². The van der Waals surface area contributed by atoms with Crippen LogP contribution in [0.3, 0.4) is 0 Å². The van der Waals surface area contributed by atoms with Gasteiger partial charge in [0.25, 0.3) is 0 Å². The lowest BCUT2D eigenvalue weighted by Gasteiger charge is -2.31. The maximum absolute atomic E-state index is 12.3. The van der Waals surface area contributed by atoms with Gasteiger partial charge in [-0.05, 0) is 78.0 Å². The van der Waals surface area contributed by atoms with E-state index in [1.807, 2.05) is 6.07 Å². The average Bonchev–Trinajstić information content (AvgIpc) is 2.63. The summed E-state index contributed by atoms with van der Waals surface area (Å²) in [6.07, 6.45) is 4.04. The zero-order valence-electron chi connectivity index (χ0n) is 17.4. The fraction of sp³-hybridized carbons (Fsp3) is 0.714. The number of nitrogens with zero attached hydrogens (tertiary/aromatic N) is 1. The van der Waals surface area contributed by atoms with E-state index in [-0.39, 0.29) is 6.04 Å². The first-order valence-electron chi connectivity index (χ1n) is 10.3. The monoisotopic (exact) mass is 395 g/mol. The Kier molecular flexibility index (Phi) is 8.13. The van der Waals surface area contributed by atoms with Crippen molar-refractivity contribution in [2.24, 2.45) is 5.92 Å². The van der Waals surface area contributed by atoms with Gasteiger partial charge in [0.15, 0.2) is 0 Å². The van der Waals surface area contributed by atoms with Gasteiger partial charge in [0.2, 0.25) is 10.0 Å². The van der Waals surface area contributed by atoms with Gasteiger partial charge >= 0.3 is 0 Å². The summed E-state index contributed by atoms with van der Waals surface area (Å²) in [5.74, 6) is 0.646. The molecule has 0 heterocycles. The summed E-state index contributed by atoms with van der Waals surface area (Å²) in [5.41, 5.74) is 1.27. The number of para-hydroxylation sites is 1.